The monoisotopic (exact) mass is 258 g/mol. The molecule has 1 saturated heterocycles. The van der Waals surface area contributed by atoms with Crippen LogP contribution in [0.25, 0.3) is 10.8 Å². The Hall–Kier alpha value is -1.81. The van der Waals surface area contributed by atoms with Gasteiger partial charge in [0.1, 0.15) is 5.82 Å². The summed E-state index contributed by atoms with van der Waals surface area (Å²) in [6, 6.07) is 9.55. The summed E-state index contributed by atoms with van der Waals surface area (Å²) in [5, 5.41) is 11.6. The van der Waals surface area contributed by atoms with Crippen LogP contribution in [0.1, 0.15) is 13.3 Å². The van der Waals surface area contributed by atoms with Crippen molar-refractivity contribution in [2.45, 2.75) is 19.4 Å². The van der Waals surface area contributed by atoms with Gasteiger partial charge in [-0.05, 0) is 29.9 Å². The van der Waals surface area contributed by atoms with Crippen LogP contribution in [-0.4, -0.2) is 29.3 Å². The van der Waals surface area contributed by atoms with Gasteiger partial charge in [0.2, 0.25) is 0 Å². The first-order chi connectivity index (χ1) is 9.15. The van der Waals surface area contributed by atoms with Gasteiger partial charge < -0.3 is 15.0 Å². The maximum Gasteiger partial charge on any atom is 0.257 e. The summed E-state index contributed by atoms with van der Waals surface area (Å²) in [6.07, 6.45) is 0.611. The van der Waals surface area contributed by atoms with Crippen LogP contribution in [0.3, 0.4) is 0 Å². The molecule has 2 aromatic rings. The molecule has 0 bridgehead atoms. The lowest BCUT2D eigenvalue weighted by molar-refractivity contribution is 0.102. The zero-order chi connectivity index (χ0) is 13.4. The molecule has 1 aromatic carbocycles. The Balaban J connectivity index is 1.99. The van der Waals surface area contributed by atoms with Gasteiger partial charge in [0, 0.05) is 18.5 Å². The summed E-state index contributed by atoms with van der Waals surface area (Å²) in [4.78, 5) is 17.0. The van der Waals surface area contributed by atoms with E-state index in [2.05, 4.69) is 16.8 Å². The molecule has 0 spiro atoms. The van der Waals surface area contributed by atoms with Crippen LogP contribution in [0.4, 0.5) is 5.82 Å². The Morgan fingerprint density at radius 1 is 1.37 bits per heavy atom. The molecule has 1 fully saturated rings. The van der Waals surface area contributed by atoms with Crippen LogP contribution in [0, 0.1) is 5.92 Å². The second-order valence-corrected chi connectivity index (χ2v) is 5.35. The Morgan fingerprint density at radius 2 is 2.16 bits per heavy atom. The second kappa shape index (κ2) is 4.70. The van der Waals surface area contributed by atoms with Crippen molar-refractivity contribution in [3.8, 4) is 0 Å². The number of anilines is 1. The number of benzene rings is 1. The van der Waals surface area contributed by atoms with Gasteiger partial charge in [-0.25, -0.2) is 0 Å². The average molecular weight is 258 g/mol. The maximum atomic E-state index is 12.0. The highest BCUT2D eigenvalue weighted by Crippen LogP contribution is 2.23. The predicted octanol–water partition coefficient (Wildman–Crippen LogP) is 1.74. The lowest BCUT2D eigenvalue weighted by Gasteiger charge is -2.35. The van der Waals surface area contributed by atoms with E-state index in [0.29, 0.717) is 17.8 Å². The number of aliphatic hydroxyl groups excluding tert-OH is 1. The number of pyridine rings is 1. The molecule has 0 radical (unpaired) electrons. The van der Waals surface area contributed by atoms with Crippen molar-refractivity contribution in [3.63, 3.8) is 0 Å². The molecule has 3 rings (SSSR count). The molecule has 4 nitrogen and oxygen atoms in total. The number of piperidine rings is 1. The standard InChI is InChI=1S/C15H18N2O2/c1-10-6-7-17(9-13(10)18)14-8-11-4-2-3-5-12(11)15(19)16-14/h2-5,8,10,13,18H,6-7,9H2,1H3,(H,16,19). The van der Waals surface area contributed by atoms with E-state index in [1.807, 2.05) is 30.3 Å². The third kappa shape index (κ3) is 2.24. The SMILES string of the molecule is CC1CCN(c2cc3ccccc3c(=O)[nH]2)CC1O. The first-order valence-electron chi connectivity index (χ1n) is 6.70. The van der Waals surface area contributed by atoms with Gasteiger partial charge in [-0.2, -0.15) is 0 Å². The summed E-state index contributed by atoms with van der Waals surface area (Å²) in [6.45, 7) is 3.51. The topological polar surface area (TPSA) is 56.3 Å². The Kier molecular flexibility index (Phi) is 3.03. The van der Waals surface area contributed by atoms with Crippen molar-refractivity contribution < 1.29 is 5.11 Å². The number of nitrogens with zero attached hydrogens (tertiary/aromatic N) is 1. The number of aromatic nitrogens is 1. The summed E-state index contributed by atoms with van der Waals surface area (Å²) in [5.41, 5.74) is -0.0683. The van der Waals surface area contributed by atoms with Crippen LogP contribution in [0.5, 0.6) is 0 Å². The maximum absolute atomic E-state index is 12.0. The summed E-state index contributed by atoms with van der Waals surface area (Å²) < 4.78 is 0. The minimum atomic E-state index is -0.330. The highest BCUT2D eigenvalue weighted by Gasteiger charge is 2.24. The molecule has 1 aliphatic heterocycles. The molecule has 0 saturated carbocycles. The fraction of sp³-hybridized carbons (Fsp3) is 0.400. The van der Waals surface area contributed by atoms with Gasteiger partial charge in [0.25, 0.3) is 5.56 Å². The molecular formula is C15H18N2O2. The van der Waals surface area contributed by atoms with E-state index in [0.717, 1.165) is 24.2 Å². The number of rotatable bonds is 1. The molecule has 2 N–H and O–H groups in total. The number of H-pyrrole nitrogens is 1. The van der Waals surface area contributed by atoms with E-state index in [1.54, 1.807) is 0 Å². The van der Waals surface area contributed by atoms with E-state index in [4.69, 9.17) is 0 Å². The smallest absolute Gasteiger partial charge is 0.257 e. The highest BCUT2D eigenvalue weighted by molar-refractivity contribution is 5.83. The van der Waals surface area contributed by atoms with Gasteiger partial charge in [0.05, 0.1) is 6.10 Å². The number of hydrogen-bond acceptors (Lipinski definition) is 3. The van der Waals surface area contributed by atoms with E-state index in [-0.39, 0.29) is 11.7 Å². The molecular weight excluding hydrogens is 240 g/mol. The van der Waals surface area contributed by atoms with E-state index < -0.39 is 0 Å². The van der Waals surface area contributed by atoms with Crippen LogP contribution in [-0.2, 0) is 0 Å². The van der Waals surface area contributed by atoms with E-state index >= 15 is 0 Å². The van der Waals surface area contributed by atoms with Crippen molar-refractivity contribution in [2.24, 2.45) is 5.92 Å². The van der Waals surface area contributed by atoms with Gasteiger partial charge in [-0.1, -0.05) is 25.1 Å². The van der Waals surface area contributed by atoms with Gasteiger partial charge >= 0.3 is 0 Å². The first-order valence-corrected chi connectivity index (χ1v) is 6.70. The Labute approximate surface area is 111 Å². The number of hydrogen-bond donors (Lipinski definition) is 2. The third-order valence-corrected chi connectivity index (χ3v) is 4.00. The third-order valence-electron chi connectivity index (χ3n) is 4.00. The molecule has 1 aromatic heterocycles. The van der Waals surface area contributed by atoms with Gasteiger partial charge in [0.15, 0.2) is 0 Å². The lowest BCUT2D eigenvalue weighted by Crippen LogP contribution is -2.43. The van der Waals surface area contributed by atoms with Crippen LogP contribution < -0.4 is 10.5 Å². The lowest BCUT2D eigenvalue weighted by atomic mass is 9.96. The van der Waals surface area contributed by atoms with Crippen LogP contribution in [0.15, 0.2) is 35.1 Å². The second-order valence-electron chi connectivity index (χ2n) is 5.35. The minimum absolute atomic E-state index is 0.0683. The number of fused-ring (bicyclic) bond motifs is 1. The molecule has 2 unspecified atom stereocenters. The Bertz CT molecular complexity index is 650. The summed E-state index contributed by atoms with van der Waals surface area (Å²) in [7, 11) is 0. The highest BCUT2D eigenvalue weighted by atomic mass is 16.3. The van der Waals surface area contributed by atoms with Crippen molar-refractivity contribution in [2.75, 3.05) is 18.0 Å². The molecule has 100 valence electrons. The Morgan fingerprint density at radius 3 is 2.95 bits per heavy atom. The molecule has 0 aliphatic carbocycles. The molecule has 4 heteroatoms. The molecule has 2 heterocycles. The van der Waals surface area contributed by atoms with Crippen molar-refractivity contribution in [3.05, 3.63) is 40.7 Å². The van der Waals surface area contributed by atoms with E-state index in [9.17, 15) is 9.90 Å². The molecule has 19 heavy (non-hydrogen) atoms. The van der Waals surface area contributed by atoms with Crippen LogP contribution in [0.2, 0.25) is 0 Å². The zero-order valence-electron chi connectivity index (χ0n) is 11.0. The fourth-order valence-electron chi connectivity index (χ4n) is 2.63. The first kappa shape index (κ1) is 12.2. The predicted molar refractivity (Wildman–Crippen MR) is 76.6 cm³/mol. The van der Waals surface area contributed by atoms with E-state index in [1.165, 1.54) is 0 Å². The zero-order valence-corrected chi connectivity index (χ0v) is 11.0. The molecule has 0 amide bonds. The van der Waals surface area contributed by atoms with Crippen molar-refractivity contribution in [1.82, 2.24) is 4.98 Å². The average Bonchev–Trinajstić information content (AvgIpc) is 2.42. The summed E-state index contributed by atoms with van der Waals surface area (Å²) in [5.74, 6) is 1.12. The summed E-state index contributed by atoms with van der Waals surface area (Å²) >= 11 is 0. The largest absolute Gasteiger partial charge is 0.391 e. The van der Waals surface area contributed by atoms with Gasteiger partial charge in [-0.15, -0.1) is 0 Å². The molecule has 1 aliphatic rings. The fourth-order valence-corrected chi connectivity index (χ4v) is 2.63. The normalized spacial score (nSPS) is 23.8. The minimum Gasteiger partial charge on any atom is -0.391 e. The number of aromatic amines is 1. The van der Waals surface area contributed by atoms with Crippen molar-refractivity contribution in [1.29, 1.82) is 0 Å². The quantitative estimate of drug-likeness (QED) is 0.819. The molecule has 2 atom stereocenters. The number of aliphatic hydroxyl groups is 1. The number of β-amino-alcohol motifs (C(OH)–C–C–N with tert-alkyl or cyclic N) is 1. The number of nitrogens with one attached hydrogen (secondary N) is 1. The van der Waals surface area contributed by atoms with Gasteiger partial charge in [-0.3, -0.25) is 4.79 Å². The van der Waals surface area contributed by atoms with Crippen molar-refractivity contribution >= 4 is 16.6 Å². The van der Waals surface area contributed by atoms with Crippen LogP contribution >= 0.6 is 0 Å².